The van der Waals surface area contributed by atoms with Crippen LogP contribution in [0.5, 0.6) is 0 Å². The largest absolute Gasteiger partial charge is 0.444 e. The van der Waals surface area contributed by atoms with Crippen molar-refractivity contribution < 1.29 is 9.34 Å². The van der Waals surface area contributed by atoms with E-state index in [1.54, 1.807) is 25.2 Å². The van der Waals surface area contributed by atoms with Crippen LogP contribution in [0.3, 0.4) is 0 Å². The zero-order valence-corrected chi connectivity index (χ0v) is 16.0. The molecule has 8 nitrogen and oxygen atoms in total. The number of nitro groups is 1. The third-order valence-electron chi connectivity index (χ3n) is 3.34. The second-order valence-electron chi connectivity index (χ2n) is 4.91. The van der Waals surface area contributed by atoms with E-state index in [1.807, 2.05) is 13.8 Å². The molecule has 0 fully saturated rings. The molecule has 0 saturated carbocycles. The van der Waals surface area contributed by atoms with Crippen LogP contribution in [0.4, 0.5) is 5.69 Å². The number of aliphatic imine (C=N–C) groups is 1. The predicted octanol–water partition coefficient (Wildman–Crippen LogP) is 2.68. The van der Waals surface area contributed by atoms with Crippen molar-refractivity contribution in [2.24, 2.45) is 4.99 Å². The summed E-state index contributed by atoms with van der Waals surface area (Å²) >= 11 is 0. The lowest BCUT2D eigenvalue weighted by atomic mass is 10.2. The van der Waals surface area contributed by atoms with Crippen LogP contribution in [-0.2, 0) is 13.1 Å². The number of nitrogens with one attached hydrogen (secondary N) is 2. The van der Waals surface area contributed by atoms with Gasteiger partial charge in [0.1, 0.15) is 5.76 Å². The van der Waals surface area contributed by atoms with E-state index in [1.165, 1.54) is 6.07 Å². The van der Waals surface area contributed by atoms with Gasteiger partial charge in [0.15, 0.2) is 5.96 Å². The number of oxazole rings is 1. The van der Waals surface area contributed by atoms with Crippen LogP contribution in [0.1, 0.15) is 22.9 Å². The first-order chi connectivity index (χ1) is 11.0. The maximum atomic E-state index is 11.0. The van der Waals surface area contributed by atoms with Crippen LogP contribution in [0.25, 0.3) is 0 Å². The Morgan fingerprint density at radius 3 is 2.54 bits per heavy atom. The Morgan fingerprint density at radius 1 is 1.29 bits per heavy atom. The Labute approximate surface area is 156 Å². The molecule has 1 aromatic carbocycles. The number of benzene rings is 1. The topological polar surface area (TPSA) is 106 Å². The van der Waals surface area contributed by atoms with Crippen molar-refractivity contribution in [3.63, 3.8) is 0 Å². The summed E-state index contributed by atoms with van der Waals surface area (Å²) in [5, 5.41) is 17.1. The lowest BCUT2D eigenvalue weighted by Gasteiger charge is -2.10. The summed E-state index contributed by atoms with van der Waals surface area (Å²) in [4.78, 5) is 18.9. The van der Waals surface area contributed by atoms with E-state index < -0.39 is 4.92 Å². The molecule has 0 radical (unpaired) electrons. The molecule has 1 heterocycles. The van der Waals surface area contributed by atoms with Gasteiger partial charge in [0.2, 0.25) is 5.89 Å². The standard InChI is InChI=1S/C15H19N5O3.HI/c1-10-11(2)23-14(19-10)9-18-15(16-3)17-8-12-6-4-5-7-13(12)20(21)22;/h4-7H,8-9H2,1-3H3,(H2,16,17,18);1H. The van der Waals surface area contributed by atoms with Gasteiger partial charge in [-0.05, 0) is 13.8 Å². The molecule has 0 spiro atoms. The Morgan fingerprint density at radius 2 is 1.96 bits per heavy atom. The maximum absolute atomic E-state index is 11.0. The minimum atomic E-state index is -0.397. The molecule has 1 aromatic heterocycles. The van der Waals surface area contributed by atoms with Gasteiger partial charge < -0.3 is 15.1 Å². The van der Waals surface area contributed by atoms with Gasteiger partial charge in [0, 0.05) is 25.2 Å². The van der Waals surface area contributed by atoms with Crippen molar-refractivity contribution in [2.75, 3.05) is 7.05 Å². The summed E-state index contributed by atoms with van der Waals surface area (Å²) in [6.45, 7) is 4.41. The van der Waals surface area contributed by atoms with Gasteiger partial charge in [0.25, 0.3) is 5.69 Å². The first kappa shape index (κ1) is 19.9. The SMILES string of the molecule is CN=C(NCc1nc(C)c(C)o1)NCc1ccccc1[N+](=O)[O-].I. The zero-order chi connectivity index (χ0) is 16.8. The van der Waals surface area contributed by atoms with E-state index in [0.717, 1.165) is 11.5 Å². The summed E-state index contributed by atoms with van der Waals surface area (Å²) in [6, 6.07) is 6.59. The van der Waals surface area contributed by atoms with Gasteiger partial charge in [0.05, 0.1) is 17.2 Å². The fraction of sp³-hybridized carbons (Fsp3) is 0.333. The van der Waals surface area contributed by atoms with E-state index in [2.05, 4.69) is 20.6 Å². The molecule has 0 saturated heterocycles. The Kier molecular flexibility index (Phi) is 7.62. The highest BCUT2D eigenvalue weighted by Crippen LogP contribution is 2.17. The number of nitro benzene ring substituents is 1. The summed E-state index contributed by atoms with van der Waals surface area (Å²) in [7, 11) is 1.63. The molecule has 9 heteroatoms. The molecular weight excluding hydrogens is 425 g/mol. The van der Waals surface area contributed by atoms with E-state index >= 15 is 0 Å². The molecule has 2 aromatic rings. The number of halogens is 1. The lowest BCUT2D eigenvalue weighted by Crippen LogP contribution is -2.36. The van der Waals surface area contributed by atoms with E-state index in [4.69, 9.17) is 4.42 Å². The summed E-state index contributed by atoms with van der Waals surface area (Å²) in [5.41, 5.74) is 1.52. The third kappa shape index (κ3) is 5.18. The molecule has 24 heavy (non-hydrogen) atoms. The van der Waals surface area contributed by atoms with Gasteiger partial charge >= 0.3 is 0 Å². The Bertz CT molecular complexity index is 710. The van der Waals surface area contributed by atoms with Gasteiger partial charge in [-0.3, -0.25) is 15.1 Å². The van der Waals surface area contributed by atoms with Crippen molar-refractivity contribution in [1.29, 1.82) is 0 Å². The molecular formula is C15H20IN5O3. The monoisotopic (exact) mass is 445 g/mol. The minimum Gasteiger partial charge on any atom is -0.444 e. The number of guanidine groups is 1. The molecule has 0 aliphatic carbocycles. The van der Waals surface area contributed by atoms with Gasteiger partial charge in [-0.2, -0.15) is 0 Å². The van der Waals surface area contributed by atoms with Crippen molar-refractivity contribution in [3.05, 3.63) is 57.3 Å². The Hall–Kier alpha value is -2.17. The number of nitrogens with zero attached hydrogens (tertiary/aromatic N) is 3. The molecule has 0 aliphatic rings. The van der Waals surface area contributed by atoms with Crippen LogP contribution in [0, 0.1) is 24.0 Å². The second-order valence-corrected chi connectivity index (χ2v) is 4.91. The first-order valence-electron chi connectivity index (χ1n) is 7.11. The summed E-state index contributed by atoms with van der Waals surface area (Å²) in [5.74, 6) is 1.86. The molecule has 0 atom stereocenters. The number of aryl methyl sites for hydroxylation is 2. The number of hydrogen-bond acceptors (Lipinski definition) is 5. The lowest BCUT2D eigenvalue weighted by molar-refractivity contribution is -0.385. The molecule has 130 valence electrons. The van der Waals surface area contributed by atoms with Gasteiger partial charge in [-0.15, -0.1) is 24.0 Å². The van der Waals surface area contributed by atoms with Crippen LogP contribution >= 0.6 is 24.0 Å². The fourth-order valence-electron chi connectivity index (χ4n) is 2.01. The molecule has 2 N–H and O–H groups in total. The molecule has 0 bridgehead atoms. The molecule has 0 unspecified atom stereocenters. The van der Waals surface area contributed by atoms with Crippen LogP contribution < -0.4 is 10.6 Å². The fourth-order valence-corrected chi connectivity index (χ4v) is 2.01. The number of aromatic nitrogens is 1. The maximum Gasteiger partial charge on any atom is 0.274 e. The minimum absolute atomic E-state index is 0. The van der Waals surface area contributed by atoms with E-state index in [9.17, 15) is 10.1 Å². The Balaban J connectivity index is 0.00000288. The zero-order valence-electron chi connectivity index (χ0n) is 13.7. The molecule has 0 amide bonds. The first-order valence-corrected chi connectivity index (χ1v) is 7.11. The second kappa shape index (κ2) is 9.21. The summed E-state index contributed by atoms with van der Waals surface area (Å²) in [6.07, 6.45) is 0. The van der Waals surface area contributed by atoms with E-state index in [0.29, 0.717) is 30.5 Å². The molecule has 0 aliphatic heterocycles. The average molecular weight is 445 g/mol. The van der Waals surface area contributed by atoms with Crippen molar-refractivity contribution in [3.8, 4) is 0 Å². The van der Waals surface area contributed by atoms with Gasteiger partial charge in [-0.1, -0.05) is 18.2 Å². The smallest absolute Gasteiger partial charge is 0.274 e. The van der Waals surface area contributed by atoms with Crippen LogP contribution in [-0.4, -0.2) is 22.9 Å². The third-order valence-corrected chi connectivity index (χ3v) is 3.34. The van der Waals surface area contributed by atoms with E-state index in [-0.39, 0.29) is 29.7 Å². The molecule has 2 rings (SSSR count). The van der Waals surface area contributed by atoms with Crippen LogP contribution in [0.2, 0.25) is 0 Å². The van der Waals surface area contributed by atoms with Gasteiger partial charge in [-0.25, -0.2) is 4.98 Å². The number of para-hydroxylation sites is 1. The highest BCUT2D eigenvalue weighted by atomic mass is 127. The highest BCUT2D eigenvalue weighted by Gasteiger charge is 2.12. The number of hydrogen-bond donors (Lipinski definition) is 2. The number of rotatable bonds is 5. The van der Waals surface area contributed by atoms with Crippen molar-refractivity contribution in [2.45, 2.75) is 26.9 Å². The normalized spacial score (nSPS) is 10.9. The quantitative estimate of drug-likeness (QED) is 0.241. The van der Waals surface area contributed by atoms with Crippen LogP contribution in [0.15, 0.2) is 33.7 Å². The van der Waals surface area contributed by atoms with Crippen molar-refractivity contribution >= 4 is 35.6 Å². The highest BCUT2D eigenvalue weighted by molar-refractivity contribution is 14.0. The summed E-state index contributed by atoms with van der Waals surface area (Å²) < 4.78 is 5.48. The average Bonchev–Trinajstić information content (AvgIpc) is 2.86. The predicted molar refractivity (Wildman–Crippen MR) is 102 cm³/mol. The van der Waals surface area contributed by atoms with Crippen molar-refractivity contribution in [1.82, 2.24) is 15.6 Å².